The Hall–Kier alpha value is -1.29. The van der Waals surface area contributed by atoms with Gasteiger partial charge in [-0.05, 0) is 42.7 Å². The van der Waals surface area contributed by atoms with E-state index in [2.05, 4.69) is 0 Å². The van der Waals surface area contributed by atoms with Gasteiger partial charge in [0.2, 0.25) is 0 Å². The van der Waals surface area contributed by atoms with E-state index in [9.17, 15) is 4.57 Å². The van der Waals surface area contributed by atoms with Gasteiger partial charge in [-0.2, -0.15) is 0 Å². The first-order valence-electron chi connectivity index (χ1n) is 5.24. The van der Waals surface area contributed by atoms with Crippen molar-refractivity contribution < 1.29 is 13.8 Å². The van der Waals surface area contributed by atoms with Crippen LogP contribution < -0.4 is 15.7 Å². The Kier molecular flexibility index (Phi) is 3.24. The molecule has 0 atom stereocenters. The molecule has 0 bridgehead atoms. The van der Waals surface area contributed by atoms with Crippen molar-refractivity contribution in [1.82, 2.24) is 0 Å². The van der Waals surface area contributed by atoms with Crippen LogP contribution in [0.2, 0.25) is 0 Å². The van der Waals surface area contributed by atoms with Gasteiger partial charge < -0.3 is 9.26 Å². The molecule has 1 aliphatic carbocycles. The molecule has 0 radical (unpaired) electrons. The number of hydrogen-bond acceptors (Lipinski definition) is 3. The summed E-state index contributed by atoms with van der Waals surface area (Å²) in [7, 11) is -1.89. The maximum absolute atomic E-state index is 11.3. The molecule has 0 saturated carbocycles. The first-order chi connectivity index (χ1) is 7.99. The summed E-state index contributed by atoms with van der Waals surface area (Å²) in [5.74, 6) is 1.27. The second kappa shape index (κ2) is 4.53. The molecule has 0 fully saturated rings. The predicted octanol–water partition coefficient (Wildman–Crippen LogP) is 2.02. The van der Waals surface area contributed by atoms with Crippen LogP contribution in [0.3, 0.4) is 0 Å². The third-order valence-corrected chi connectivity index (χ3v) is 3.04. The van der Waals surface area contributed by atoms with Gasteiger partial charge in [0.05, 0.1) is 7.11 Å². The van der Waals surface area contributed by atoms with Crippen LogP contribution >= 0.6 is 7.67 Å². The van der Waals surface area contributed by atoms with E-state index in [-0.39, 0.29) is 0 Å². The van der Waals surface area contributed by atoms with Crippen LogP contribution in [0.1, 0.15) is 17.5 Å². The van der Waals surface area contributed by atoms with E-state index in [4.69, 9.17) is 20.3 Å². The highest BCUT2D eigenvalue weighted by molar-refractivity contribution is 7.54. The largest absolute Gasteiger partial charge is 0.497 e. The third kappa shape index (κ3) is 2.88. The molecule has 0 saturated heterocycles. The van der Waals surface area contributed by atoms with Crippen molar-refractivity contribution in [2.75, 3.05) is 7.11 Å². The summed E-state index contributed by atoms with van der Waals surface area (Å²) in [4.78, 5) is 0. The smallest absolute Gasteiger partial charge is 0.385 e. The molecule has 0 spiro atoms. The highest BCUT2D eigenvalue weighted by atomic mass is 31.2. The van der Waals surface area contributed by atoms with Gasteiger partial charge in [-0.25, -0.2) is 15.6 Å². The van der Waals surface area contributed by atoms with Crippen LogP contribution in [0.25, 0.3) is 5.76 Å². The zero-order valence-corrected chi connectivity index (χ0v) is 10.4. The summed E-state index contributed by atoms with van der Waals surface area (Å²) in [6.07, 6.45) is 3.54. The molecular formula is C11H15N2O3P. The molecule has 17 heavy (non-hydrogen) atoms. The van der Waals surface area contributed by atoms with Crippen LogP contribution in [0, 0.1) is 0 Å². The molecule has 0 aliphatic heterocycles. The minimum Gasteiger partial charge on any atom is -0.497 e. The number of fused-ring (bicyclic) bond motifs is 1. The number of aryl methyl sites for hydroxylation is 1. The zero-order chi connectivity index (χ0) is 12.5. The maximum Gasteiger partial charge on any atom is 0.385 e. The molecule has 4 N–H and O–H groups in total. The fourth-order valence-electron chi connectivity index (χ4n) is 1.85. The monoisotopic (exact) mass is 254 g/mol. The van der Waals surface area contributed by atoms with Crippen molar-refractivity contribution in [3.63, 3.8) is 0 Å². The zero-order valence-electron chi connectivity index (χ0n) is 9.55. The average molecular weight is 254 g/mol. The average Bonchev–Trinajstić information content (AvgIpc) is 2.26. The second-order valence-corrected chi connectivity index (χ2v) is 5.34. The molecule has 1 aromatic rings. The van der Waals surface area contributed by atoms with Crippen molar-refractivity contribution in [2.45, 2.75) is 12.8 Å². The number of methoxy groups -OCH3 is 1. The van der Waals surface area contributed by atoms with E-state index < -0.39 is 7.67 Å². The molecule has 1 aliphatic rings. The van der Waals surface area contributed by atoms with E-state index in [0.717, 1.165) is 29.7 Å². The fraction of sp³-hybridized carbons (Fsp3) is 0.273. The van der Waals surface area contributed by atoms with Gasteiger partial charge in [-0.3, -0.25) is 0 Å². The second-order valence-electron chi connectivity index (χ2n) is 3.87. The van der Waals surface area contributed by atoms with Crippen molar-refractivity contribution in [1.29, 1.82) is 0 Å². The summed E-state index contributed by atoms with van der Waals surface area (Å²) in [5.41, 5.74) is 12.4. The lowest BCUT2D eigenvalue weighted by Gasteiger charge is -2.20. The van der Waals surface area contributed by atoms with Crippen molar-refractivity contribution in [3.05, 3.63) is 35.4 Å². The Labute approximate surface area is 100.0 Å². The standard InChI is InChI=1S/C11H15N2O3P/c1-15-9-5-6-10-8(7-9)3-2-4-11(10)16-17(12,13)14/h4-7H,2-3H2,1H3,(H4,12,13,14). The van der Waals surface area contributed by atoms with Crippen molar-refractivity contribution in [3.8, 4) is 5.75 Å². The molecular weight excluding hydrogens is 239 g/mol. The van der Waals surface area contributed by atoms with Crippen molar-refractivity contribution >= 4 is 13.4 Å². The predicted molar refractivity (Wildman–Crippen MR) is 66.4 cm³/mol. The van der Waals surface area contributed by atoms with Gasteiger partial charge in [-0.1, -0.05) is 0 Å². The molecule has 0 amide bonds. The molecule has 0 heterocycles. The molecule has 2 rings (SSSR count). The van der Waals surface area contributed by atoms with Crippen LogP contribution in [-0.2, 0) is 15.5 Å². The minimum absolute atomic E-state index is 0.488. The number of benzene rings is 1. The summed E-state index contributed by atoms with van der Waals surface area (Å²) in [6.45, 7) is 0. The molecule has 1 aromatic carbocycles. The minimum atomic E-state index is -3.51. The van der Waals surface area contributed by atoms with Gasteiger partial charge >= 0.3 is 7.67 Å². The summed E-state index contributed by atoms with van der Waals surface area (Å²) < 4.78 is 21.5. The van der Waals surface area contributed by atoms with Gasteiger partial charge in [0.15, 0.2) is 0 Å². The van der Waals surface area contributed by atoms with E-state index >= 15 is 0 Å². The van der Waals surface area contributed by atoms with Crippen LogP contribution in [0.15, 0.2) is 24.3 Å². The number of hydrogen-bond donors (Lipinski definition) is 2. The SMILES string of the molecule is COc1ccc2c(c1)CCC=C2OP(N)(N)=O. The summed E-state index contributed by atoms with van der Waals surface area (Å²) >= 11 is 0. The first kappa shape index (κ1) is 12.2. The summed E-state index contributed by atoms with van der Waals surface area (Å²) in [5, 5.41) is 0. The first-order valence-corrected chi connectivity index (χ1v) is 7.00. The molecule has 0 unspecified atom stereocenters. The van der Waals surface area contributed by atoms with E-state index in [0.29, 0.717) is 5.76 Å². The fourth-order valence-corrected chi connectivity index (χ4v) is 2.33. The lowest BCUT2D eigenvalue weighted by molar-refractivity contribution is 0.414. The van der Waals surface area contributed by atoms with Gasteiger partial charge in [0.1, 0.15) is 11.5 Å². The van der Waals surface area contributed by atoms with Gasteiger partial charge in [0.25, 0.3) is 0 Å². The normalized spacial score (nSPS) is 14.9. The molecule has 0 aromatic heterocycles. The summed E-state index contributed by atoms with van der Waals surface area (Å²) in [6, 6.07) is 5.61. The van der Waals surface area contributed by atoms with Crippen LogP contribution in [0.5, 0.6) is 5.75 Å². The van der Waals surface area contributed by atoms with Crippen molar-refractivity contribution in [2.24, 2.45) is 11.0 Å². The van der Waals surface area contributed by atoms with E-state index in [1.54, 1.807) is 7.11 Å². The quantitative estimate of drug-likeness (QED) is 0.806. The Morgan fingerprint density at radius 3 is 2.76 bits per heavy atom. The molecule has 6 heteroatoms. The Bertz CT molecular complexity index is 507. The number of nitrogens with two attached hydrogens (primary N) is 2. The number of ether oxygens (including phenoxy) is 1. The molecule has 92 valence electrons. The Morgan fingerprint density at radius 1 is 1.35 bits per heavy atom. The topological polar surface area (TPSA) is 87.6 Å². The Balaban J connectivity index is 2.35. The van der Waals surface area contributed by atoms with Gasteiger partial charge in [-0.15, -0.1) is 0 Å². The van der Waals surface area contributed by atoms with E-state index in [1.807, 2.05) is 24.3 Å². The highest BCUT2D eigenvalue weighted by Gasteiger charge is 2.19. The maximum atomic E-state index is 11.3. The lowest BCUT2D eigenvalue weighted by atomic mass is 9.96. The number of rotatable bonds is 3. The van der Waals surface area contributed by atoms with Crippen LogP contribution in [-0.4, -0.2) is 7.11 Å². The van der Waals surface area contributed by atoms with Gasteiger partial charge in [0, 0.05) is 5.56 Å². The van der Waals surface area contributed by atoms with E-state index in [1.165, 1.54) is 0 Å². The Morgan fingerprint density at radius 2 is 2.12 bits per heavy atom. The lowest BCUT2D eigenvalue weighted by Crippen LogP contribution is -2.10. The highest BCUT2D eigenvalue weighted by Crippen LogP contribution is 2.39. The molecule has 5 nitrogen and oxygen atoms in total. The number of allylic oxidation sites excluding steroid dienone is 1. The van der Waals surface area contributed by atoms with Crippen LogP contribution in [0.4, 0.5) is 0 Å². The third-order valence-electron chi connectivity index (χ3n) is 2.56.